The highest BCUT2D eigenvalue weighted by Gasteiger charge is 2.42. The maximum Gasteiger partial charge on any atom is 0.257 e. The third-order valence-corrected chi connectivity index (χ3v) is 8.23. The molecular weight excluding hydrogens is 498 g/mol. The van der Waals surface area contributed by atoms with Crippen molar-refractivity contribution in [1.29, 1.82) is 0 Å². The molecule has 0 spiro atoms. The number of benzene rings is 2. The van der Waals surface area contributed by atoms with Crippen molar-refractivity contribution in [2.24, 2.45) is 5.41 Å². The second-order valence-electron chi connectivity index (χ2n) is 10.9. The molecule has 0 unspecified atom stereocenters. The molecule has 0 saturated heterocycles. The summed E-state index contributed by atoms with van der Waals surface area (Å²) in [6.07, 6.45) is 1.11. The van der Waals surface area contributed by atoms with Crippen LogP contribution in [0.4, 0.5) is 5.82 Å². The van der Waals surface area contributed by atoms with Crippen molar-refractivity contribution >= 4 is 23.4 Å². The maximum absolute atomic E-state index is 13.6. The van der Waals surface area contributed by atoms with Crippen LogP contribution >= 0.6 is 11.8 Å². The number of nitrogens with zero attached hydrogens (tertiary/aromatic N) is 1. The molecule has 0 bridgehead atoms. The first-order valence-electron chi connectivity index (χ1n) is 12.7. The number of carbonyl (C=O) groups excluding carboxylic acids is 1. The molecule has 8 heteroatoms. The van der Waals surface area contributed by atoms with Crippen LogP contribution in [0.2, 0.25) is 0 Å². The van der Waals surface area contributed by atoms with E-state index in [-0.39, 0.29) is 16.8 Å². The number of Topliss-reactive ketones (excluding diaryl/α,β-unsaturated/α-hetero) is 1. The van der Waals surface area contributed by atoms with E-state index < -0.39 is 5.92 Å². The molecule has 5 rings (SSSR count). The molecule has 1 atom stereocenters. The number of aromatic nitrogens is 2. The van der Waals surface area contributed by atoms with E-state index in [0.717, 1.165) is 11.3 Å². The first-order chi connectivity index (χ1) is 18.1. The summed E-state index contributed by atoms with van der Waals surface area (Å²) < 4.78 is 11.0. The number of allylic oxidation sites excluding steroid dienone is 2. The number of anilines is 1. The molecule has 0 saturated carbocycles. The molecule has 2 aromatic carbocycles. The van der Waals surface area contributed by atoms with Crippen LogP contribution in [0.3, 0.4) is 0 Å². The lowest BCUT2D eigenvalue weighted by Gasteiger charge is -2.38. The van der Waals surface area contributed by atoms with Gasteiger partial charge in [-0.05, 0) is 54.5 Å². The Bertz CT molecular complexity index is 1520. The van der Waals surface area contributed by atoms with E-state index in [2.05, 4.69) is 56.2 Å². The average molecular weight is 532 g/mol. The topological polar surface area (TPSA) is 93.3 Å². The van der Waals surface area contributed by atoms with Gasteiger partial charge < -0.3 is 19.8 Å². The number of ether oxygens (including phenoxy) is 2. The number of ketones is 1. The van der Waals surface area contributed by atoms with Crippen molar-refractivity contribution in [2.75, 3.05) is 19.5 Å². The smallest absolute Gasteiger partial charge is 0.257 e. The number of methoxy groups -OCH3 is 2. The lowest BCUT2D eigenvalue weighted by atomic mass is 9.69. The van der Waals surface area contributed by atoms with Gasteiger partial charge in [-0.25, -0.2) is 4.98 Å². The molecule has 0 fully saturated rings. The fourth-order valence-electron chi connectivity index (χ4n) is 5.48. The fourth-order valence-corrected chi connectivity index (χ4v) is 6.42. The van der Waals surface area contributed by atoms with Gasteiger partial charge in [0.15, 0.2) is 22.4 Å². The Morgan fingerprint density at radius 3 is 2.50 bits per heavy atom. The van der Waals surface area contributed by atoms with Crippen LogP contribution in [0.5, 0.6) is 11.5 Å². The van der Waals surface area contributed by atoms with Gasteiger partial charge in [0.1, 0.15) is 5.82 Å². The van der Waals surface area contributed by atoms with Crippen molar-refractivity contribution in [3.63, 3.8) is 0 Å². The third-order valence-electron chi connectivity index (χ3n) is 7.30. The number of aromatic amines is 1. The van der Waals surface area contributed by atoms with Gasteiger partial charge in [0.05, 0.1) is 19.8 Å². The second-order valence-corrected chi connectivity index (χ2v) is 11.8. The number of nitrogens with one attached hydrogen (secondary N) is 2. The van der Waals surface area contributed by atoms with Gasteiger partial charge in [0, 0.05) is 29.4 Å². The van der Waals surface area contributed by atoms with E-state index in [0.29, 0.717) is 52.2 Å². The number of fused-ring (bicyclic) bond motifs is 1. The number of thioether (sulfide) groups is 1. The normalized spacial score (nSPS) is 17.9. The lowest BCUT2D eigenvalue weighted by molar-refractivity contribution is -0.118. The van der Waals surface area contributed by atoms with Gasteiger partial charge in [0.2, 0.25) is 0 Å². The molecule has 7 nitrogen and oxygen atoms in total. The van der Waals surface area contributed by atoms with E-state index in [4.69, 9.17) is 14.5 Å². The molecule has 1 aliphatic carbocycles. The van der Waals surface area contributed by atoms with Crippen LogP contribution in [-0.2, 0) is 10.5 Å². The zero-order valence-electron chi connectivity index (χ0n) is 22.7. The SMILES string of the molecule is COc1ccc([C@H]2C3=C(CC(C)(C)CC3=O)Nc3nc(SCc4ccc(C)cc4C)[nH]c(=O)c32)cc1OC. The molecule has 1 aliphatic heterocycles. The molecule has 38 heavy (non-hydrogen) atoms. The first-order valence-corrected chi connectivity index (χ1v) is 13.7. The second kappa shape index (κ2) is 9.98. The van der Waals surface area contributed by atoms with Gasteiger partial charge in [-0.1, -0.05) is 55.4 Å². The van der Waals surface area contributed by atoms with Crippen molar-refractivity contribution in [3.05, 3.63) is 85.8 Å². The molecule has 198 valence electrons. The minimum absolute atomic E-state index is 0.0434. The highest BCUT2D eigenvalue weighted by atomic mass is 32.2. The first kappa shape index (κ1) is 26.1. The Labute approximate surface area is 227 Å². The quantitative estimate of drug-likeness (QED) is 0.302. The molecule has 1 aromatic heterocycles. The van der Waals surface area contributed by atoms with E-state index in [1.54, 1.807) is 14.2 Å². The fraction of sp³-hybridized carbons (Fsp3) is 0.367. The monoisotopic (exact) mass is 531 g/mol. The molecule has 0 amide bonds. The summed E-state index contributed by atoms with van der Waals surface area (Å²) in [6, 6.07) is 11.9. The van der Waals surface area contributed by atoms with Crippen LogP contribution in [0.25, 0.3) is 0 Å². The minimum Gasteiger partial charge on any atom is -0.493 e. The molecule has 2 heterocycles. The Kier molecular flexibility index (Phi) is 6.86. The van der Waals surface area contributed by atoms with Gasteiger partial charge in [-0.15, -0.1) is 0 Å². The molecule has 2 aliphatic rings. The van der Waals surface area contributed by atoms with Crippen molar-refractivity contribution < 1.29 is 14.3 Å². The number of carbonyl (C=O) groups is 1. The number of H-pyrrole nitrogens is 1. The summed E-state index contributed by atoms with van der Waals surface area (Å²) in [5.74, 6) is 1.80. The van der Waals surface area contributed by atoms with E-state index in [1.165, 1.54) is 28.5 Å². The summed E-state index contributed by atoms with van der Waals surface area (Å²) >= 11 is 1.49. The summed E-state index contributed by atoms with van der Waals surface area (Å²) in [4.78, 5) is 35.0. The number of aryl methyl sites for hydroxylation is 2. The van der Waals surface area contributed by atoms with Crippen LogP contribution < -0.4 is 20.3 Å². The average Bonchev–Trinajstić information content (AvgIpc) is 2.85. The number of hydrogen-bond donors (Lipinski definition) is 2. The summed E-state index contributed by atoms with van der Waals surface area (Å²) in [5.41, 5.74) is 5.88. The summed E-state index contributed by atoms with van der Waals surface area (Å²) in [7, 11) is 3.15. The van der Waals surface area contributed by atoms with Crippen LogP contribution in [0.15, 0.2) is 57.6 Å². The Hall–Kier alpha value is -3.52. The largest absolute Gasteiger partial charge is 0.493 e. The Morgan fingerprint density at radius 1 is 1.03 bits per heavy atom. The number of rotatable bonds is 6. The Balaban J connectivity index is 1.60. The zero-order chi connectivity index (χ0) is 27.2. The van der Waals surface area contributed by atoms with Crippen LogP contribution in [0, 0.1) is 19.3 Å². The van der Waals surface area contributed by atoms with E-state index in [1.807, 2.05) is 18.2 Å². The van der Waals surface area contributed by atoms with Gasteiger partial charge in [-0.2, -0.15) is 0 Å². The van der Waals surface area contributed by atoms with Gasteiger partial charge >= 0.3 is 0 Å². The van der Waals surface area contributed by atoms with Crippen molar-refractivity contribution in [1.82, 2.24) is 9.97 Å². The zero-order valence-corrected chi connectivity index (χ0v) is 23.5. The lowest BCUT2D eigenvalue weighted by Crippen LogP contribution is -2.37. The molecule has 0 radical (unpaired) electrons. The van der Waals surface area contributed by atoms with E-state index in [9.17, 15) is 9.59 Å². The summed E-state index contributed by atoms with van der Waals surface area (Å²) in [5, 5.41) is 3.93. The van der Waals surface area contributed by atoms with Gasteiger partial charge in [0.25, 0.3) is 5.56 Å². The summed E-state index contributed by atoms with van der Waals surface area (Å²) in [6.45, 7) is 8.35. The predicted molar refractivity (Wildman–Crippen MR) is 150 cm³/mol. The van der Waals surface area contributed by atoms with E-state index >= 15 is 0 Å². The molecule has 2 N–H and O–H groups in total. The standard InChI is InChI=1S/C30H33N3O4S/c1-16-7-8-19(17(2)11-16)15-38-29-32-27-26(28(35)33-29)24(18-9-10-22(36-5)23(12-18)37-6)25-20(31-27)13-30(3,4)14-21(25)34/h7-12,24H,13-15H2,1-6H3,(H2,31,32,33,35)/t24-/m0/s1. The van der Waals surface area contributed by atoms with Gasteiger partial charge in [-0.3, -0.25) is 9.59 Å². The third kappa shape index (κ3) is 4.85. The predicted octanol–water partition coefficient (Wildman–Crippen LogP) is 5.90. The molecule has 3 aromatic rings. The minimum atomic E-state index is -0.556. The number of hydrogen-bond acceptors (Lipinski definition) is 7. The maximum atomic E-state index is 13.6. The molecular formula is C30H33N3O4S. The highest BCUT2D eigenvalue weighted by molar-refractivity contribution is 7.98. The van der Waals surface area contributed by atoms with Crippen LogP contribution in [-0.4, -0.2) is 30.0 Å². The van der Waals surface area contributed by atoms with Crippen LogP contribution in [0.1, 0.15) is 60.4 Å². The highest BCUT2D eigenvalue weighted by Crippen LogP contribution is 2.48. The van der Waals surface area contributed by atoms with Crippen molar-refractivity contribution in [2.45, 2.75) is 57.4 Å². The van der Waals surface area contributed by atoms with Crippen molar-refractivity contribution in [3.8, 4) is 11.5 Å². The Morgan fingerprint density at radius 2 is 1.79 bits per heavy atom.